The second kappa shape index (κ2) is 10.3. The van der Waals surface area contributed by atoms with Crippen molar-refractivity contribution in [3.63, 3.8) is 0 Å². The van der Waals surface area contributed by atoms with Gasteiger partial charge in [0.05, 0.1) is 20.3 Å². The zero-order valence-electron chi connectivity index (χ0n) is 16.9. The van der Waals surface area contributed by atoms with Crippen molar-refractivity contribution in [2.75, 3.05) is 44.6 Å². The molecular formula is C21H30N4O2. The summed E-state index contributed by atoms with van der Waals surface area (Å²) in [5, 5.41) is 6.60. The molecule has 2 rings (SSSR count). The molecule has 27 heavy (non-hydrogen) atoms. The highest BCUT2D eigenvalue weighted by molar-refractivity contribution is 5.93. The number of methoxy groups -OCH3 is 1. The first-order valence-electron chi connectivity index (χ1n) is 9.19. The molecule has 2 N–H and O–H groups in total. The largest absolute Gasteiger partial charge is 0.493 e. The van der Waals surface area contributed by atoms with Gasteiger partial charge in [-0.3, -0.25) is 0 Å². The van der Waals surface area contributed by atoms with E-state index in [1.165, 1.54) is 0 Å². The number of aliphatic imine (C=N–C) groups is 1. The average molecular weight is 370 g/mol. The van der Waals surface area contributed by atoms with Crippen molar-refractivity contribution in [1.82, 2.24) is 5.32 Å². The molecule has 6 nitrogen and oxygen atoms in total. The number of hydrogen-bond acceptors (Lipinski definition) is 4. The molecule has 0 fully saturated rings. The summed E-state index contributed by atoms with van der Waals surface area (Å²) in [6, 6.07) is 14.1. The summed E-state index contributed by atoms with van der Waals surface area (Å²) in [6.07, 6.45) is 0. The quantitative estimate of drug-likeness (QED) is 0.548. The van der Waals surface area contributed by atoms with E-state index in [0.29, 0.717) is 18.9 Å². The summed E-state index contributed by atoms with van der Waals surface area (Å²) in [4.78, 5) is 6.78. The van der Waals surface area contributed by atoms with E-state index in [-0.39, 0.29) is 0 Å². The molecule has 146 valence electrons. The zero-order chi connectivity index (χ0) is 19.6. The molecule has 0 saturated carbocycles. The first-order chi connectivity index (χ1) is 13.1. The van der Waals surface area contributed by atoms with Crippen LogP contribution in [0.1, 0.15) is 19.4 Å². The normalized spacial score (nSPS) is 11.1. The van der Waals surface area contributed by atoms with Crippen LogP contribution in [0, 0.1) is 0 Å². The third-order valence-electron chi connectivity index (χ3n) is 3.92. The first kappa shape index (κ1) is 20.4. The summed E-state index contributed by atoms with van der Waals surface area (Å²) < 4.78 is 11.0. The van der Waals surface area contributed by atoms with Gasteiger partial charge in [-0.15, -0.1) is 0 Å². The molecule has 0 aliphatic heterocycles. The van der Waals surface area contributed by atoms with Crippen LogP contribution in [0.25, 0.3) is 0 Å². The lowest BCUT2D eigenvalue weighted by Crippen LogP contribution is -2.30. The number of ether oxygens (including phenoxy) is 2. The fraction of sp³-hybridized carbons (Fsp3) is 0.381. The van der Waals surface area contributed by atoms with E-state index in [0.717, 1.165) is 35.2 Å². The maximum atomic E-state index is 5.57. The molecule has 6 heteroatoms. The minimum absolute atomic E-state index is 0.588. The fourth-order valence-corrected chi connectivity index (χ4v) is 2.57. The van der Waals surface area contributed by atoms with Gasteiger partial charge in [0.1, 0.15) is 0 Å². The number of anilines is 2. The van der Waals surface area contributed by atoms with Gasteiger partial charge in [0.2, 0.25) is 0 Å². The molecular weight excluding hydrogens is 340 g/mol. The van der Waals surface area contributed by atoms with Crippen molar-refractivity contribution in [3.05, 3.63) is 48.0 Å². The van der Waals surface area contributed by atoms with Crippen LogP contribution in [0.4, 0.5) is 11.4 Å². The molecule has 0 atom stereocenters. The number of hydrogen-bond donors (Lipinski definition) is 2. The van der Waals surface area contributed by atoms with Crippen molar-refractivity contribution in [3.8, 4) is 11.5 Å². The molecule has 0 unspecified atom stereocenters. The monoisotopic (exact) mass is 370 g/mol. The van der Waals surface area contributed by atoms with E-state index in [1.54, 1.807) is 7.11 Å². The topological polar surface area (TPSA) is 58.1 Å². The Bertz CT molecular complexity index is 760. The molecule has 0 amide bonds. The Balaban J connectivity index is 2.15. The minimum Gasteiger partial charge on any atom is -0.493 e. The van der Waals surface area contributed by atoms with Crippen molar-refractivity contribution in [2.24, 2.45) is 4.99 Å². The Hall–Kier alpha value is -2.89. The lowest BCUT2D eigenvalue weighted by molar-refractivity contribution is 0.311. The van der Waals surface area contributed by atoms with E-state index < -0.39 is 0 Å². The van der Waals surface area contributed by atoms with Gasteiger partial charge in [0.15, 0.2) is 17.5 Å². The van der Waals surface area contributed by atoms with Crippen LogP contribution < -0.4 is 25.0 Å². The number of nitrogens with zero attached hydrogens (tertiary/aromatic N) is 2. The van der Waals surface area contributed by atoms with E-state index >= 15 is 0 Å². The Kier molecular flexibility index (Phi) is 7.79. The number of guanidine groups is 1. The van der Waals surface area contributed by atoms with Crippen molar-refractivity contribution in [1.29, 1.82) is 0 Å². The van der Waals surface area contributed by atoms with Gasteiger partial charge in [0, 0.05) is 38.1 Å². The Morgan fingerprint density at radius 2 is 1.89 bits per heavy atom. The van der Waals surface area contributed by atoms with Crippen LogP contribution in [-0.2, 0) is 6.54 Å². The molecule has 0 saturated heterocycles. The van der Waals surface area contributed by atoms with E-state index in [4.69, 9.17) is 14.5 Å². The number of rotatable bonds is 8. The predicted molar refractivity (Wildman–Crippen MR) is 113 cm³/mol. The summed E-state index contributed by atoms with van der Waals surface area (Å²) in [5.41, 5.74) is 3.21. The highest BCUT2D eigenvalue weighted by Crippen LogP contribution is 2.30. The molecule has 0 bridgehead atoms. The molecule has 0 aliphatic rings. The van der Waals surface area contributed by atoms with Crippen LogP contribution in [0.15, 0.2) is 47.5 Å². The van der Waals surface area contributed by atoms with E-state index in [1.807, 2.05) is 46.1 Å². The van der Waals surface area contributed by atoms with Crippen LogP contribution in [-0.4, -0.2) is 40.3 Å². The Morgan fingerprint density at radius 3 is 2.56 bits per heavy atom. The summed E-state index contributed by atoms with van der Waals surface area (Å²) >= 11 is 0. The Morgan fingerprint density at radius 1 is 1.07 bits per heavy atom. The smallest absolute Gasteiger partial charge is 0.196 e. The van der Waals surface area contributed by atoms with E-state index in [2.05, 4.69) is 39.8 Å². The highest BCUT2D eigenvalue weighted by Gasteiger charge is 2.07. The van der Waals surface area contributed by atoms with Gasteiger partial charge in [0.25, 0.3) is 0 Å². The second-order valence-corrected chi connectivity index (χ2v) is 6.18. The molecule has 2 aromatic rings. The van der Waals surface area contributed by atoms with Gasteiger partial charge < -0.3 is 25.0 Å². The minimum atomic E-state index is 0.588. The van der Waals surface area contributed by atoms with Crippen molar-refractivity contribution in [2.45, 2.75) is 20.4 Å². The van der Waals surface area contributed by atoms with Crippen molar-refractivity contribution < 1.29 is 9.47 Å². The standard InChI is InChI=1S/C21H30N4O2/c1-6-22-21(23-15-16-9-8-10-18(13-16)25(3)4)24-17-11-12-19(27-7-2)20(14-17)26-5/h8-14H,6-7,15H2,1-5H3,(H2,22,23,24). The van der Waals surface area contributed by atoms with Gasteiger partial charge in [-0.1, -0.05) is 12.1 Å². The molecule has 0 radical (unpaired) electrons. The molecule has 0 heterocycles. The summed E-state index contributed by atoms with van der Waals surface area (Å²) in [5.74, 6) is 2.14. The van der Waals surface area contributed by atoms with Gasteiger partial charge >= 0.3 is 0 Å². The average Bonchev–Trinajstić information content (AvgIpc) is 2.67. The maximum Gasteiger partial charge on any atom is 0.196 e. The molecule has 0 aromatic heterocycles. The van der Waals surface area contributed by atoms with Crippen LogP contribution >= 0.6 is 0 Å². The van der Waals surface area contributed by atoms with Gasteiger partial charge in [-0.25, -0.2) is 4.99 Å². The molecule has 2 aromatic carbocycles. The SMILES string of the molecule is CCNC(=NCc1cccc(N(C)C)c1)Nc1ccc(OCC)c(OC)c1. The maximum absolute atomic E-state index is 5.57. The third kappa shape index (κ3) is 6.09. The fourth-order valence-electron chi connectivity index (χ4n) is 2.57. The number of nitrogens with one attached hydrogen (secondary N) is 2. The highest BCUT2D eigenvalue weighted by atomic mass is 16.5. The third-order valence-corrected chi connectivity index (χ3v) is 3.92. The summed E-state index contributed by atoms with van der Waals surface area (Å²) in [7, 11) is 5.71. The lowest BCUT2D eigenvalue weighted by atomic mass is 10.2. The predicted octanol–water partition coefficient (Wildman–Crippen LogP) is 3.74. The van der Waals surface area contributed by atoms with Gasteiger partial charge in [-0.05, 0) is 43.7 Å². The zero-order valence-corrected chi connectivity index (χ0v) is 16.9. The first-order valence-corrected chi connectivity index (χ1v) is 9.19. The van der Waals surface area contributed by atoms with Crippen LogP contribution in [0.3, 0.4) is 0 Å². The lowest BCUT2D eigenvalue weighted by Gasteiger charge is -2.15. The van der Waals surface area contributed by atoms with Crippen LogP contribution in [0.5, 0.6) is 11.5 Å². The van der Waals surface area contributed by atoms with Crippen molar-refractivity contribution >= 4 is 17.3 Å². The molecule has 0 aliphatic carbocycles. The Labute approximate surface area is 162 Å². The second-order valence-electron chi connectivity index (χ2n) is 6.18. The van der Waals surface area contributed by atoms with E-state index in [9.17, 15) is 0 Å². The van der Waals surface area contributed by atoms with Crippen LogP contribution in [0.2, 0.25) is 0 Å². The summed E-state index contributed by atoms with van der Waals surface area (Å²) in [6.45, 7) is 5.96. The van der Waals surface area contributed by atoms with Gasteiger partial charge in [-0.2, -0.15) is 0 Å². The number of benzene rings is 2. The molecule has 0 spiro atoms.